The van der Waals surface area contributed by atoms with Crippen molar-refractivity contribution in [2.75, 3.05) is 24.7 Å². The summed E-state index contributed by atoms with van der Waals surface area (Å²) in [6, 6.07) is 7.86. The topological polar surface area (TPSA) is 106 Å². The summed E-state index contributed by atoms with van der Waals surface area (Å²) in [5.41, 5.74) is 5.53. The third-order valence-corrected chi connectivity index (χ3v) is 4.37. The second-order valence-corrected chi connectivity index (χ2v) is 6.56. The Bertz CT molecular complexity index is 1100. The first-order chi connectivity index (χ1) is 14.2. The first-order valence-electron chi connectivity index (χ1n) is 9.19. The second-order valence-electron chi connectivity index (χ2n) is 6.56. The molecule has 148 valence electrons. The first-order valence-corrected chi connectivity index (χ1v) is 9.19. The van der Waals surface area contributed by atoms with E-state index < -0.39 is 0 Å². The lowest BCUT2D eigenvalue weighted by atomic mass is 10.1. The van der Waals surface area contributed by atoms with Crippen molar-refractivity contribution in [3.63, 3.8) is 0 Å². The van der Waals surface area contributed by atoms with Crippen molar-refractivity contribution in [3.05, 3.63) is 60.4 Å². The fraction of sp³-hybridized carbons (Fsp3) is 0.200. The van der Waals surface area contributed by atoms with Gasteiger partial charge in [0, 0.05) is 53.9 Å². The maximum Gasteiger partial charge on any atom is 0.229 e. The molecule has 0 spiro atoms. The first kappa shape index (κ1) is 18.6. The van der Waals surface area contributed by atoms with Crippen molar-refractivity contribution in [3.8, 4) is 16.8 Å². The van der Waals surface area contributed by atoms with E-state index in [1.165, 1.54) is 0 Å². The normalized spacial score (nSPS) is 10.9. The number of benzene rings is 1. The van der Waals surface area contributed by atoms with Crippen LogP contribution >= 0.6 is 0 Å². The average molecular weight is 390 g/mol. The van der Waals surface area contributed by atoms with E-state index in [9.17, 15) is 0 Å². The Labute approximate surface area is 168 Å². The van der Waals surface area contributed by atoms with Crippen LogP contribution < -0.4 is 16.0 Å². The predicted molar refractivity (Wildman–Crippen MR) is 111 cm³/mol. The van der Waals surface area contributed by atoms with Gasteiger partial charge in [-0.25, -0.2) is 9.67 Å². The molecule has 0 aliphatic carbocycles. The minimum atomic E-state index is 0.523. The molecule has 3 N–H and O–H groups in total. The summed E-state index contributed by atoms with van der Waals surface area (Å²) in [4.78, 5) is 8.92. The van der Waals surface area contributed by atoms with E-state index in [1.54, 1.807) is 12.5 Å². The van der Waals surface area contributed by atoms with Crippen LogP contribution in [0.1, 0.15) is 11.3 Å². The molecule has 9 nitrogen and oxygen atoms in total. The fourth-order valence-corrected chi connectivity index (χ4v) is 3.05. The summed E-state index contributed by atoms with van der Waals surface area (Å²) in [5, 5.41) is 17.8. The van der Waals surface area contributed by atoms with Crippen LogP contribution in [0.4, 0.5) is 17.5 Å². The van der Waals surface area contributed by atoms with E-state index in [1.807, 2.05) is 62.4 Å². The summed E-state index contributed by atoms with van der Waals surface area (Å²) < 4.78 is 6.88. The second kappa shape index (κ2) is 8.11. The minimum absolute atomic E-state index is 0.523. The molecule has 0 saturated carbocycles. The number of aromatic nitrogens is 5. The highest BCUT2D eigenvalue weighted by Crippen LogP contribution is 2.30. The molecule has 4 rings (SSSR count). The summed E-state index contributed by atoms with van der Waals surface area (Å²) in [5.74, 6) is 1.28. The van der Waals surface area contributed by atoms with Crippen LogP contribution in [-0.4, -0.2) is 39.0 Å². The van der Waals surface area contributed by atoms with Crippen molar-refractivity contribution in [1.29, 1.82) is 0 Å². The zero-order valence-electron chi connectivity index (χ0n) is 16.5. The lowest BCUT2D eigenvalue weighted by molar-refractivity contribution is 0.420. The Morgan fingerprint density at radius 1 is 1.10 bits per heavy atom. The zero-order chi connectivity index (χ0) is 20.2. The Morgan fingerprint density at radius 3 is 2.76 bits per heavy atom. The predicted octanol–water partition coefficient (Wildman–Crippen LogP) is 3.13. The van der Waals surface area contributed by atoms with Gasteiger partial charge >= 0.3 is 0 Å². The van der Waals surface area contributed by atoms with Crippen molar-refractivity contribution in [1.82, 2.24) is 30.2 Å². The molecule has 29 heavy (non-hydrogen) atoms. The number of anilines is 3. The number of hydrogen-bond acceptors (Lipinski definition) is 8. The van der Waals surface area contributed by atoms with Crippen molar-refractivity contribution in [2.45, 2.75) is 13.5 Å². The highest BCUT2D eigenvalue weighted by molar-refractivity contribution is 5.75. The highest BCUT2D eigenvalue weighted by atomic mass is 16.5. The molecule has 0 fully saturated rings. The number of nitrogens with one attached hydrogen (secondary N) is 3. The van der Waals surface area contributed by atoms with E-state index >= 15 is 0 Å². The molecule has 0 aliphatic heterocycles. The highest BCUT2D eigenvalue weighted by Gasteiger charge is 2.13. The van der Waals surface area contributed by atoms with Gasteiger partial charge in [0.2, 0.25) is 5.95 Å². The van der Waals surface area contributed by atoms with Gasteiger partial charge in [0.15, 0.2) is 0 Å². The Morgan fingerprint density at radius 2 is 2.00 bits per heavy atom. The maximum atomic E-state index is 5.04. The van der Waals surface area contributed by atoms with Crippen LogP contribution in [0.5, 0.6) is 0 Å². The standard InChI is InChI=1S/C20H22N8O/c1-13-6-19(22-3)27-20(25-13)26-16-4-5-17(15-10-24-29-12-15)18(7-16)28-11-14(8-21-2)9-23-28/h4-7,9-12,21H,8H2,1-3H3,(H2,22,25,26,27). The molecule has 0 atom stereocenters. The lowest BCUT2D eigenvalue weighted by Crippen LogP contribution is -2.04. The monoisotopic (exact) mass is 390 g/mol. The molecule has 3 aromatic heterocycles. The molecule has 1 aromatic carbocycles. The van der Waals surface area contributed by atoms with E-state index in [0.29, 0.717) is 5.95 Å². The van der Waals surface area contributed by atoms with Crippen molar-refractivity contribution < 1.29 is 4.52 Å². The molecule has 0 unspecified atom stereocenters. The maximum absolute atomic E-state index is 5.04. The zero-order valence-corrected chi connectivity index (χ0v) is 16.5. The van der Waals surface area contributed by atoms with Gasteiger partial charge in [-0.1, -0.05) is 5.16 Å². The smallest absolute Gasteiger partial charge is 0.229 e. The van der Waals surface area contributed by atoms with Crippen molar-refractivity contribution in [2.24, 2.45) is 0 Å². The van der Waals surface area contributed by atoms with E-state index in [-0.39, 0.29) is 0 Å². The molecule has 9 heteroatoms. The van der Waals surface area contributed by atoms with E-state index in [0.717, 1.165) is 46.1 Å². The summed E-state index contributed by atoms with van der Waals surface area (Å²) >= 11 is 0. The third kappa shape index (κ3) is 4.09. The van der Waals surface area contributed by atoms with E-state index in [2.05, 4.69) is 36.2 Å². The molecule has 0 amide bonds. The van der Waals surface area contributed by atoms with Crippen LogP contribution in [-0.2, 0) is 6.54 Å². The molecule has 3 heterocycles. The van der Waals surface area contributed by atoms with Gasteiger partial charge in [-0.2, -0.15) is 10.1 Å². The van der Waals surface area contributed by atoms with Gasteiger partial charge in [0.25, 0.3) is 0 Å². The summed E-state index contributed by atoms with van der Waals surface area (Å²) in [6.45, 7) is 2.67. The lowest BCUT2D eigenvalue weighted by Gasteiger charge is -2.12. The number of aryl methyl sites for hydroxylation is 1. The fourth-order valence-electron chi connectivity index (χ4n) is 3.05. The SMILES string of the molecule is CNCc1cnn(-c2cc(Nc3nc(C)cc(NC)n3)ccc2-c2cnoc2)c1. The number of nitrogens with zero attached hydrogens (tertiary/aromatic N) is 5. The van der Waals surface area contributed by atoms with Crippen LogP contribution in [0.3, 0.4) is 0 Å². The van der Waals surface area contributed by atoms with Gasteiger partial charge in [0.1, 0.15) is 12.1 Å². The summed E-state index contributed by atoms with van der Waals surface area (Å²) in [6.07, 6.45) is 7.14. The largest absolute Gasteiger partial charge is 0.373 e. The Balaban J connectivity index is 1.74. The van der Waals surface area contributed by atoms with Crippen LogP contribution in [0, 0.1) is 6.92 Å². The van der Waals surface area contributed by atoms with Gasteiger partial charge in [-0.3, -0.25) is 0 Å². The molecule has 0 saturated heterocycles. The molecule has 0 aliphatic rings. The van der Waals surface area contributed by atoms with Crippen molar-refractivity contribution >= 4 is 17.5 Å². The van der Waals surface area contributed by atoms with Crippen LogP contribution in [0.15, 0.2) is 53.6 Å². The molecular formula is C20H22N8O. The molecule has 0 bridgehead atoms. The number of hydrogen-bond donors (Lipinski definition) is 3. The van der Waals surface area contributed by atoms with Gasteiger partial charge in [0.05, 0.1) is 18.1 Å². The third-order valence-electron chi connectivity index (χ3n) is 4.37. The van der Waals surface area contributed by atoms with Crippen LogP contribution in [0.2, 0.25) is 0 Å². The minimum Gasteiger partial charge on any atom is -0.373 e. The molecule has 0 radical (unpaired) electrons. The summed E-state index contributed by atoms with van der Waals surface area (Å²) in [7, 11) is 3.74. The van der Waals surface area contributed by atoms with Gasteiger partial charge < -0.3 is 20.5 Å². The van der Waals surface area contributed by atoms with Crippen LogP contribution in [0.25, 0.3) is 16.8 Å². The van der Waals surface area contributed by atoms with E-state index in [4.69, 9.17) is 4.52 Å². The molecule has 4 aromatic rings. The molecular weight excluding hydrogens is 368 g/mol. The Kier molecular flexibility index (Phi) is 5.21. The van der Waals surface area contributed by atoms with Gasteiger partial charge in [-0.15, -0.1) is 0 Å². The number of rotatable bonds is 7. The quantitative estimate of drug-likeness (QED) is 0.442. The Hall–Kier alpha value is -3.72. The van der Waals surface area contributed by atoms with Gasteiger partial charge in [-0.05, 0) is 32.2 Å². The average Bonchev–Trinajstić information content (AvgIpc) is 3.40.